The molecule has 0 aliphatic carbocycles. The number of para-hydroxylation sites is 2. The molecule has 7 nitrogen and oxygen atoms in total. The van der Waals surface area contributed by atoms with Crippen LogP contribution in [-0.2, 0) is 16.0 Å². The zero-order valence-electron chi connectivity index (χ0n) is 20.1. The summed E-state index contributed by atoms with van der Waals surface area (Å²) in [7, 11) is 3.06. The minimum absolute atomic E-state index is 0.151. The van der Waals surface area contributed by atoms with Gasteiger partial charge in [0.1, 0.15) is 28.2 Å². The van der Waals surface area contributed by atoms with E-state index < -0.39 is 11.2 Å². The van der Waals surface area contributed by atoms with Crippen molar-refractivity contribution in [1.82, 2.24) is 0 Å². The van der Waals surface area contributed by atoms with Gasteiger partial charge in [0.25, 0.3) is 5.91 Å². The molecule has 4 rings (SSSR count). The van der Waals surface area contributed by atoms with E-state index in [4.69, 9.17) is 9.47 Å². The van der Waals surface area contributed by atoms with Crippen LogP contribution in [0.5, 0.6) is 11.5 Å². The van der Waals surface area contributed by atoms with Gasteiger partial charge in [-0.05, 0) is 55.3 Å². The van der Waals surface area contributed by atoms with Gasteiger partial charge in [-0.25, -0.2) is 0 Å². The summed E-state index contributed by atoms with van der Waals surface area (Å²) in [5.74, 6) is 0.284. The highest BCUT2D eigenvalue weighted by Gasteiger charge is 2.41. The molecule has 0 radical (unpaired) electrons. The molecule has 0 spiro atoms. The zero-order chi connectivity index (χ0) is 25.7. The minimum Gasteiger partial charge on any atom is -0.497 e. The smallest absolute Gasteiger partial charge is 0.269 e. The zero-order valence-corrected chi connectivity index (χ0v) is 21.0. The maximum Gasteiger partial charge on any atom is 0.269 e. The average Bonchev–Trinajstić information content (AvgIpc) is 3.21. The number of carbonyl (C=O) groups is 2. The fourth-order valence-corrected chi connectivity index (χ4v) is 5.13. The number of hydrogen-bond acceptors (Lipinski definition) is 6. The molecule has 1 N–H and O–H groups in total. The lowest BCUT2D eigenvalue weighted by Gasteiger charge is -2.19. The van der Waals surface area contributed by atoms with Gasteiger partial charge < -0.3 is 14.8 Å². The molecule has 0 saturated carbocycles. The molecular weight excluding hydrogens is 474 g/mol. The quantitative estimate of drug-likeness (QED) is 0.360. The second kappa shape index (κ2) is 11.0. The van der Waals surface area contributed by atoms with E-state index in [2.05, 4.69) is 5.32 Å². The third kappa shape index (κ3) is 5.21. The Morgan fingerprint density at radius 1 is 1.03 bits per heavy atom. The monoisotopic (exact) mass is 499 g/mol. The maximum atomic E-state index is 13.6. The summed E-state index contributed by atoms with van der Waals surface area (Å²) in [4.78, 5) is 28.3. The number of ether oxygens (including phenoxy) is 2. The number of thioether (sulfide) groups is 1. The number of methoxy groups -OCH3 is 2. The Morgan fingerprint density at radius 3 is 2.36 bits per heavy atom. The van der Waals surface area contributed by atoms with Crippen molar-refractivity contribution in [3.63, 3.8) is 0 Å². The largest absolute Gasteiger partial charge is 0.497 e. The first kappa shape index (κ1) is 24.9. The molecule has 1 aliphatic heterocycles. The SMILES string of the molecule is COc1ccc(N2C(=O)C(Cc3ccc(C)cc3)S/C2=C(/C#N)C(=O)Nc2ccccc2OC)cc1. The van der Waals surface area contributed by atoms with Crippen LogP contribution in [0.4, 0.5) is 11.4 Å². The molecule has 1 aliphatic rings. The van der Waals surface area contributed by atoms with E-state index in [-0.39, 0.29) is 16.5 Å². The molecule has 1 unspecified atom stereocenters. The second-order valence-electron chi connectivity index (χ2n) is 8.11. The van der Waals surface area contributed by atoms with Crippen LogP contribution in [0, 0.1) is 18.3 Å². The number of nitrogens with one attached hydrogen (secondary N) is 1. The van der Waals surface area contributed by atoms with Crippen LogP contribution in [-0.4, -0.2) is 31.3 Å². The van der Waals surface area contributed by atoms with Crippen LogP contribution in [0.15, 0.2) is 83.4 Å². The van der Waals surface area contributed by atoms with Crippen LogP contribution in [0.1, 0.15) is 11.1 Å². The van der Waals surface area contributed by atoms with Gasteiger partial charge in [0, 0.05) is 5.69 Å². The fourth-order valence-electron chi connectivity index (χ4n) is 3.82. The van der Waals surface area contributed by atoms with Crippen LogP contribution in [0.2, 0.25) is 0 Å². The van der Waals surface area contributed by atoms with Crippen molar-refractivity contribution in [1.29, 1.82) is 5.26 Å². The molecule has 182 valence electrons. The number of hydrogen-bond donors (Lipinski definition) is 1. The van der Waals surface area contributed by atoms with Crippen molar-refractivity contribution in [2.24, 2.45) is 0 Å². The van der Waals surface area contributed by atoms with E-state index in [1.54, 1.807) is 55.6 Å². The molecule has 1 saturated heterocycles. The number of benzene rings is 3. The van der Waals surface area contributed by atoms with E-state index in [1.165, 1.54) is 23.8 Å². The molecule has 3 aromatic rings. The van der Waals surface area contributed by atoms with E-state index in [0.29, 0.717) is 29.3 Å². The number of aryl methyl sites for hydroxylation is 1. The molecule has 1 heterocycles. The molecule has 0 aromatic heterocycles. The average molecular weight is 500 g/mol. The summed E-state index contributed by atoms with van der Waals surface area (Å²) >= 11 is 1.22. The molecule has 0 bridgehead atoms. The Labute approximate surface area is 214 Å². The van der Waals surface area contributed by atoms with E-state index in [9.17, 15) is 14.9 Å². The highest BCUT2D eigenvalue weighted by atomic mass is 32.2. The van der Waals surface area contributed by atoms with Crippen LogP contribution < -0.4 is 19.7 Å². The minimum atomic E-state index is -0.619. The van der Waals surface area contributed by atoms with Gasteiger partial charge in [-0.3, -0.25) is 14.5 Å². The van der Waals surface area contributed by atoms with Crippen molar-refractivity contribution in [3.8, 4) is 17.6 Å². The standard InChI is InChI=1S/C28H25N3O4S/c1-18-8-10-19(11-9-18)16-25-27(33)31(20-12-14-21(34-2)15-13-20)28(36-25)22(17-29)26(32)30-23-6-4-5-7-24(23)35-3/h4-15,25H,16H2,1-3H3,(H,30,32)/b28-22-. The number of amides is 2. The number of nitrogens with zero attached hydrogens (tertiary/aromatic N) is 2. The summed E-state index contributed by atoms with van der Waals surface area (Å²) in [5, 5.41) is 12.6. The Bertz CT molecular complexity index is 1340. The first-order valence-corrected chi connectivity index (χ1v) is 12.1. The lowest BCUT2D eigenvalue weighted by atomic mass is 10.1. The van der Waals surface area contributed by atoms with Crippen molar-refractivity contribution < 1.29 is 19.1 Å². The normalized spacial score (nSPS) is 16.3. The topological polar surface area (TPSA) is 91.7 Å². The third-order valence-electron chi connectivity index (χ3n) is 5.73. The van der Waals surface area contributed by atoms with Crippen LogP contribution in [0.25, 0.3) is 0 Å². The molecule has 1 fully saturated rings. The highest BCUT2D eigenvalue weighted by molar-refractivity contribution is 8.05. The van der Waals surface area contributed by atoms with Gasteiger partial charge in [-0.2, -0.15) is 5.26 Å². The number of rotatable bonds is 7. The predicted octanol–water partition coefficient (Wildman–Crippen LogP) is 5.08. The molecular formula is C28H25N3O4S. The van der Waals surface area contributed by atoms with E-state index >= 15 is 0 Å². The van der Waals surface area contributed by atoms with Gasteiger partial charge in [0.15, 0.2) is 0 Å². The summed E-state index contributed by atoms with van der Waals surface area (Å²) in [6, 6.07) is 23.9. The molecule has 36 heavy (non-hydrogen) atoms. The fraction of sp³-hybridized carbons (Fsp3) is 0.179. The van der Waals surface area contributed by atoms with Crippen molar-refractivity contribution in [2.45, 2.75) is 18.6 Å². The summed E-state index contributed by atoms with van der Waals surface area (Å²) in [6.07, 6.45) is 0.465. The number of nitriles is 1. The lowest BCUT2D eigenvalue weighted by molar-refractivity contribution is -0.117. The van der Waals surface area contributed by atoms with Gasteiger partial charge >= 0.3 is 0 Å². The second-order valence-corrected chi connectivity index (χ2v) is 9.31. The van der Waals surface area contributed by atoms with E-state index in [1.807, 2.05) is 37.3 Å². The van der Waals surface area contributed by atoms with Crippen LogP contribution >= 0.6 is 11.8 Å². The van der Waals surface area contributed by atoms with E-state index in [0.717, 1.165) is 11.1 Å². The first-order chi connectivity index (χ1) is 17.4. The van der Waals surface area contributed by atoms with Gasteiger partial charge in [0.2, 0.25) is 5.91 Å². The summed E-state index contributed by atoms with van der Waals surface area (Å²) in [5.41, 5.74) is 2.96. The Morgan fingerprint density at radius 2 is 1.72 bits per heavy atom. The van der Waals surface area contributed by atoms with Gasteiger partial charge in [0.05, 0.1) is 25.2 Å². The highest BCUT2D eigenvalue weighted by Crippen LogP contribution is 2.42. The van der Waals surface area contributed by atoms with Crippen molar-refractivity contribution >= 4 is 35.0 Å². The predicted molar refractivity (Wildman–Crippen MR) is 141 cm³/mol. The maximum absolute atomic E-state index is 13.6. The molecule has 1 atom stereocenters. The van der Waals surface area contributed by atoms with Gasteiger partial charge in [-0.15, -0.1) is 0 Å². The Balaban J connectivity index is 1.73. The Kier molecular flexibility index (Phi) is 7.62. The van der Waals surface area contributed by atoms with Gasteiger partial charge in [-0.1, -0.05) is 53.7 Å². The lowest BCUT2D eigenvalue weighted by Crippen LogP contribution is -2.30. The summed E-state index contributed by atoms with van der Waals surface area (Å²) < 4.78 is 10.6. The first-order valence-electron chi connectivity index (χ1n) is 11.2. The van der Waals surface area contributed by atoms with Crippen LogP contribution in [0.3, 0.4) is 0 Å². The van der Waals surface area contributed by atoms with Crippen molar-refractivity contribution in [2.75, 3.05) is 24.4 Å². The molecule has 8 heteroatoms. The number of anilines is 2. The molecule has 2 amide bonds. The Hall–Kier alpha value is -4.22. The number of carbonyl (C=O) groups excluding carboxylic acids is 2. The van der Waals surface area contributed by atoms with Crippen molar-refractivity contribution in [3.05, 3.63) is 94.5 Å². The summed E-state index contributed by atoms with van der Waals surface area (Å²) in [6.45, 7) is 2.01. The molecule has 3 aromatic carbocycles. The third-order valence-corrected chi connectivity index (χ3v) is 7.00.